The molecule has 4 nitrogen and oxygen atoms in total. The summed E-state index contributed by atoms with van der Waals surface area (Å²) in [4.78, 5) is 26.7. The van der Waals surface area contributed by atoms with Gasteiger partial charge in [0.1, 0.15) is 11.1 Å². The first-order chi connectivity index (χ1) is 16.5. The molecule has 0 fully saturated rings. The number of aryl methyl sites for hydroxylation is 1. The largest absolute Gasteiger partial charge is 0.325 e. The van der Waals surface area contributed by atoms with Crippen molar-refractivity contribution < 1.29 is 14.0 Å². The summed E-state index contributed by atoms with van der Waals surface area (Å²) in [5.74, 6) is -0.865. The molecular weight excluding hydrogens is 447 g/mol. The number of halogens is 1. The van der Waals surface area contributed by atoms with E-state index in [4.69, 9.17) is 0 Å². The highest BCUT2D eigenvalue weighted by molar-refractivity contribution is 8.00. The van der Waals surface area contributed by atoms with E-state index in [2.05, 4.69) is 10.6 Å². The lowest BCUT2D eigenvalue weighted by molar-refractivity contribution is -0.115. The standard InChI is InChI=1S/C28H23FN2O2S/c1-19-8-5-6-13-25(19)31-28(33)26(20-9-3-2-4-10-20)34-24-12-7-11-23(18-24)30-27(32)21-14-16-22(29)17-15-21/h2-18,26H,1H3,(H,30,32)(H,31,33). The number of carbonyl (C=O) groups is 2. The lowest BCUT2D eigenvalue weighted by atomic mass is 10.1. The molecule has 0 saturated carbocycles. The van der Waals surface area contributed by atoms with Gasteiger partial charge in [-0.1, -0.05) is 54.6 Å². The lowest BCUT2D eigenvalue weighted by Crippen LogP contribution is -2.19. The van der Waals surface area contributed by atoms with Crippen molar-refractivity contribution in [1.29, 1.82) is 0 Å². The van der Waals surface area contributed by atoms with E-state index < -0.39 is 11.1 Å². The molecule has 0 radical (unpaired) electrons. The maximum absolute atomic E-state index is 13.3. The Balaban J connectivity index is 1.54. The number of carbonyl (C=O) groups excluding carboxylic acids is 2. The van der Waals surface area contributed by atoms with Gasteiger partial charge < -0.3 is 10.6 Å². The highest BCUT2D eigenvalue weighted by atomic mass is 32.2. The summed E-state index contributed by atoms with van der Waals surface area (Å²) in [5, 5.41) is 5.38. The Hall–Kier alpha value is -3.90. The van der Waals surface area contributed by atoms with Crippen LogP contribution in [0.15, 0.2) is 108 Å². The van der Waals surface area contributed by atoms with E-state index in [1.165, 1.54) is 36.0 Å². The minimum absolute atomic E-state index is 0.133. The van der Waals surface area contributed by atoms with E-state index in [0.717, 1.165) is 21.7 Å². The SMILES string of the molecule is Cc1ccccc1NC(=O)C(Sc1cccc(NC(=O)c2ccc(F)cc2)c1)c1ccccc1. The minimum atomic E-state index is -0.496. The summed E-state index contributed by atoms with van der Waals surface area (Å²) in [5.41, 5.74) is 3.58. The molecule has 0 aromatic heterocycles. The Morgan fingerprint density at radius 1 is 0.794 bits per heavy atom. The normalized spacial score (nSPS) is 11.5. The molecule has 34 heavy (non-hydrogen) atoms. The van der Waals surface area contributed by atoms with Crippen molar-refractivity contribution in [2.75, 3.05) is 10.6 Å². The number of benzene rings is 4. The highest BCUT2D eigenvalue weighted by Gasteiger charge is 2.23. The van der Waals surface area contributed by atoms with Gasteiger partial charge in [-0.2, -0.15) is 0 Å². The molecule has 1 atom stereocenters. The molecule has 2 amide bonds. The molecule has 4 aromatic rings. The molecule has 0 saturated heterocycles. The third-order valence-electron chi connectivity index (χ3n) is 5.20. The van der Waals surface area contributed by atoms with Crippen LogP contribution in [0.1, 0.15) is 26.7 Å². The summed E-state index contributed by atoms with van der Waals surface area (Å²) >= 11 is 1.40. The van der Waals surface area contributed by atoms with Crippen LogP contribution >= 0.6 is 11.8 Å². The number of nitrogens with one attached hydrogen (secondary N) is 2. The molecular formula is C28H23FN2O2S. The van der Waals surface area contributed by atoms with Gasteiger partial charge in [-0.05, 0) is 66.6 Å². The third kappa shape index (κ3) is 5.91. The summed E-state index contributed by atoms with van der Waals surface area (Å²) in [6.45, 7) is 1.95. The van der Waals surface area contributed by atoms with Gasteiger partial charge in [0.2, 0.25) is 5.91 Å². The van der Waals surface area contributed by atoms with E-state index in [9.17, 15) is 14.0 Å². The van der Waals surface area contributed by atoms with E-state index in [-0.39, 0.29) is 11.8 Å². The molecule has 0 heterocycles. The first kappa shape index (κ1) is 23.3. The van der Waals surface area contributed by atoms with Crippen molar-refractivity contribution in [3.63, 3.8) is 0 Å². The average molecular weight is 471 g/mol. The van der Waals surface area contributed by atoms with Crippen LogP contribution in [-0.4, -0.2) is 11.8 Å². The molecule has 4 rings (SSSR count). The summed E-state index contributed by atoms with van der Waals surface area (Å²) in [6, 6.07) is 29.9. The van der Waals surface area contributed by atoms with Crippen LogP contribution in [0, 0.1) is 12.7 Å². The van der Waals surface area contributed by atoms with Gasteiger partial charge in [-0.15, -0.1) is 11.8 Å². The fourth-order valence-electron chi connectivity index (χ4n) is 3.40. The molecule has 0 aliphatic rings. The molecule has 0 bridgehead atoms. The van der Waals surface area contributed by atoms with Crippen molar-refractivity contribution in [2.45, 2.75) is 17.1 Å². The Morgan fingerprint density at radius 3 is 2.24 bits per heavy atom. The number of anilines is 2. The minimum Gasteiger partial charge on any atom is -0.325 e. The Morgan fingerprint density at radius 2 is 1.50 bits per heavy atom. The second kappa shape index (κ2) is 10.8. The Bertz CT molecular complexity index is 1290. The summed E-state index contributed by atoms with van der Waals surface area (Å²) in [7, 11) is 0. The first-order valence-electron chi connectivity index (χ1n) is 10.7. The maximum Gasteiger partial charge on any atom is 0.255 e. The van der Waals surface area contributed by atoms with Crippen LogP contribution < -0.4 is 10.6 Å². The maximum atomic E-state index is 13.3. The van der Waals surface area contributed by atoms with Crippen LogP contribution in [0.2, 0.25) is 0 Å². The number of hydrogen-bond donors (Lipinski definition) is 2. The summed E-state index contributed by atoms with van der Waals surface area (Å²) in [6.07, 6.45) is 0. The van der Waals surface area contributed by atoms with Crippen LogP contribution in [0.3, 0.4) is 0 Å². The van der Waals surface area contributed by atoms with Crippen molar-refractivity contribution in [3.8, 4) is 0 Å². The zero-order chi connectivity index (χ0) is 23.9. The van der Waals surface area contributed by atoms with E-state index in [0.29, 0.717) is 11.3 Å². The Labute approximate surface area is 202 Å². The topological polar surface area (TPSA) is 58.2 Å². The monoisotopic (exact) mass is 470 g/mol. The molecule has 1 unspecified atom stereocenters. The van der Waals surface area contributed by atoms with Gasteiger partial charge in [0.25, 0.3) is 5.91 Å². The van der Waals surface area contributed by atoms with Crippen LogP contribution in [0.5, 0.6) is 0 Å². The molecule has 0 aliphatic carbocycles. The fraction of sp³-hybridized carbons (Fsp3) is 0.0714. The van der Waals surface area contributed by atoms with Crippen molar-refractivity contribution >= 4 is 35.0 Å². The zero-order valence-corrected chi connectivity index (χ0v) is 19.3. The molecule has 2 N–H and O–H groups in total. The predicted octanol–water partition coefficient (Wildman–Crippen LogP) is 6.86. The smallest absolute Gasteiger partial charge is 0.255 e. The van der Waals surface area contributed by atoms with Crippen molar-refractivity contribution in [3.05, 3.63) is 126 Å². The van der Waals surface area contributed by atoms with Crippen LogP contribution in [-0.2, 0) is 4.79 Å². The molecule has 6 heteroatoms. The number of rotatable bonds is 7. The van der Waals surface area contributed by atoms with E-state index in [1.54, 1.807) is 6.07 Å². The number of para-hydroxylation sites is 1. The van der Waals surface area contributed by atoms with Gasteiger partial charge in [-0.25, -0.2) is 4.39 Å². The van der Waals surface area contributed by atoms with Gasteiger partial charge in [0.15, 0.2) is 0 Å². The van der Waals surface area contributed by atoms with Gasteiger partial charge in [0, 0.05) is 21.8 Å². The average Bonchev–Trinajstić information content (AvgIpc) is 2.85. The fourth-order valence-corrected chi connectivity index (χ4v) is 4.48. The molecule has 0 spiro atoms. The lowest BCUT2D eigenvalue weighted by Gasteiger charge is -2.18. The molecule has 0 aliphatic heterocycles. The second-order valence-corrected chi connectivity index (χ2v) is 8.88. The number of hydrogen-bond acceptors (Lipinski definition) is 3. The third-order valence-corrected chi connectivity index (χ3v) is 6.44. The molecule has 4 aromatic carbocycles. The van der Waals surface area contributed by atoms with E-state index >= 15 is 0 Å². The van der Waals surface area contributed by atoms with Crippen molar-refractivity contribution in [1.82, 2.24) is 0 Å². The quantitative estimate of drug-likeness (QED) is 0.290. The zero-order valence-electron chi connectivity index (χ0n) is 18.5. The predicted molar refractivity (Wildman–Crippen MR) is 136 cm³/mol. The second-order valence-electron chi connectivity index (χ2n) is 7.70. The Kier molecular flexibility index (Phi) is 7.40. The van der Waals surface area contributed by atoms with Gasteiger partial charge >= 0.3 is 0 Å². The van der Waals surface area contributed by atoms with E-state index in [1.807, 2.05) is 79.7 Å². The number of amides is 2. The van der Waals surface area contributed by atoms with Gasteiger partial charge in [-0.3, -0.25) is 9.59 Å². The summed E-state index contributed by atoms with van der Waals surface area (Å²) < 4.78 is 13.1. The van der Waals surface area contributed by atoms with Crippen molar-refractivity contribution in [2.24, 2.45) is 0 Å². The highest BCUT2D eigenvalue weighted by Crippen LogP contribution is 2.37. The van der Waals surface area contributed by atoms with Crippen LogP contribution in [0.4, 0.5) is 15.8 Å². The number of thioether (sulfide) groups is 1. The van der Waals surface area contributed by atoms with Crippen LogP contribution in [0.25, 0.3) is 0 Å². The van der Waals surface area contributed by atoms with Gasteiger partial charge in [0.05, 0.1) is 0 Å². The molecule has 170 valence electrons. The first-order valence-corrected chi connectivity index (χ1v) is 11.6.